The molecule has 6 nitrogen and oxygen atoms in total. The highest BCUT2D eigenvalue weighted by Crippen LogP contribution is 2.20. The average molecular weight is 283 g/mol. The lowest BCUT2D eigenvalue weighted by Crippen LogP contribution is -2.05. The van der Waals surface area contributed by atoms with Crippen LogP contribution in [0.15, 0.2) is 47.2 Å². The minimum absolute atomic E-state index is 0.132. The average Bonchev–Trinajstić information content (AvgIpc) is 2.96. The van der Waals surface area contributed by atoms with Crippen molar-refractivity contribution < 1.29 is 13.9 Å². The van der Waals surface area contributed by atoms with Crippen LogP contribution < -0.4 is 5.32 Å². The fourth-order valence-corrected chi connectivity index (χ4v) is 1.89. The van der Waals surface area contributed by atoms with Crippen LogP contribution in [0.1, 0.15) is 17.4 Å². The first-order valence-corrected chi connectivity index (χ1v) is 6.50. The van der Waals surface area contributed by atoms with Crippen LogP contribution in [-0.4, -0.2) is 22.5 Å². The van der Waals surface area contributed by atoms with Crippen LogP contribution in [0.2, 0.25) is 0 Å². The topological polar surface area (TPSA) is 77.2 Å². The van der Waals surface area contributed by atoms with Crippen molar-refractivity contribution in [1.29, 1.82) is 0 Å². The second-order valence-corrected chi connectivity index (χ2v) is 4.30. The van der Waals surface area contributed by atoms with Crippen molar-refractivity contribution in [3.8, 4) is 0 Å². The maximum atomic E-state index is 11.5. The van der Waals surface area contributed by atoms with Crippen molar-refractivity contribution in [2.45, 2.75) is 6.92 Å². The second kappa shape index (κ2) is 5.62. The van der Waals surface area contributed by atoms with E-state index in [1.165, 1.54) is 6.26 Å². The summed E-state index contributed by atoms with van der Waals surface area (Å²) in [7, 11) is 0. The molecule has 3 rings (SSSR count). The van der Waals surface area contributed by atoms with Crippen LogP contribution in [0.5, 0.6) is 0 Å². The fraction of sp³-hybridized carbons (Fsp3) is 0.133. The summed E-state index contributed by atoms with van der Waals surface area (Å²) >= 11 is 0. The van der Waals surface area contributed by atoms with Gasteiger partial charge in [-0.2, -0.15) is 4.98 Å². The monoisotopic (exact) mass is 283 g/mol. The molecule has 6 heteroatoms. The smallest absolute Gasteiger partial charge is 0.360 e. The van der Waals surface area contributed by atoms with Gasteiger partial charge in [0, 0.05) is 5.39 Å². The first-order valence-electron chi connectivity index (χ1n) is 6.50. The van der Waals surface area contributed by atoms with Gasteiger partial charge in [-0.25, -0.2) is 4.79 Å². The van der Waals surface area contributed by atoms with Crippen molar-refractivity contribution in [2.24, 2.45) is 0 Å². The molecule has 3 aromatic rings. The van der Waals surface area contributed by atoms with Crippen LogP contribution in [0.25, 0.3) is 10.9 Å². The largest absolute Gasteiger partial charge is 0.461 e. The Morgan fingerprint density at radius 2 is 2.24 bits per heavy atom. The van der Waals surface area contributed by atoms with Gasteiger partial charge in [-0.15, -0.1) is 0 Å². The van der Waals surface area contributed by atoms with Gasteiger partial charge in [-0.3, -0.25) is 4.98 Å². The van der Waals surface area contributed by atoms with Gasteiger partial charge in [0.1, 0.15) is 6.26 Å². The van der Waals surface area contributed by atoms with Gasteiger partial charge in [-0.05, 0) is 19.1 Å². The van der Waals surface area contributed by atoms with Gasteiger partial charge < -0.3 is 14.5 Å². The molecule has 21 heavy (non-hydrogen) atoms. The van der Waals surface area contributed by atoms with Crippen molar-refractivity contribution in [3.63, 3.8) is 0 Å². The highest BCUT2D eigenvalue weighted by molar-refractivity contribution is 5.87. The third kappa shape index (κ3) is 2.84. The molecule has 0 bridgehead atoms. The molecule has 0 fully saturated rings. The number of hydrogen-bond donors (Lipinski definition) is 1. The lowest BCUT2D eigenvalue weighted by atomic mass is 10.2. The molecule has 0 aliphatic carbocycles. The van der Waals surface area contributed by atoms with Crippen molar-refractivity contribution in [1.82, 2.24) is 9.97 Å². The Kier molecular flexibility index (Phi) is 3.51. The molecule has 106 valence electrons. The van der Waals surface area contributed by atoms with E-state index in [1.807, 2.05) is 30.3 Å². The number of carbonyl (C=O) groups is 1. The molecule has 1 N–H and O–H groups in total. The molecule has 1 aromatic carbocycles. The summed E-state index contributed by atoms with van der Waals surface area (Å²) in [6.45, 7) is 2.03. The summed E-state index contributed by atoms with van der Waals surface area (Å²) in [5, 5.41) is 3.97. The number of nitrogens with one attached hydrogen (secondary N) is 1. The number of oxazole rings is 1. The fourth-order valence-electron chi connectivity index (χ4n) is 1.89. The van der Waals surface area contributed by atoms with Gasteiger partial charge in [0.25, 0.3) is 6.01 Å². The molecule has 2 aromatic heterocycles. The molecular formula is C15H13N3O3. The Morgan fingerprint density at radius 3 is 3.10 bits per heavy atom. The van der Waals surface area contributed by atoms with Crippen LogP contribution in [0, 0.1) is 0 Å². The van der Waals surface area contributed by atoms with Gasteiger partial charge in [0.2, 0.25) is 0 Å². The minimum atomic E-state index is -0.508. The lowest BCUT2D eigenvalue weighted by Gasteiger charge is -2.02. The SMILES string of the molecule is CCOC(=O)c1coc(Nc2cnc3ccccc3c2)n1. The summed E-state index contributed by atoms with van der Waals surface area (Å²) < 4.78 is 10.0. The first kappa shape index (κ1) is 13.1. The Balaban J connectivity index is 1.80. The molecule has 0 saturated carbocycles. The predicted molar refractivity (Wildman–Crippen MR) is 77.5 cm³/mol. The standard InChI is InChI=1S/C15H13N3O3/c1-2-20-14(19)13-9-21-15(18-13)17-11-7-10-5-3-4-6-12(10)16-8-11/h3-9H,2H2,1H3,(H,17,18). The zero-order valence-electron chi connectivity index (χ0n) is 11.4. The Hall–Kier alpha value is -2.89. The number of ether oxygens (including phenoxy) is 1. The van der Waals surface area contributed by atoms with E-state index in [1.54, 1.807) is 13.1 Å². The molecule has 0 spiro atoms. The zero-order chi connectivity index (χ0) is 14.7. The number of fused-ring (bicyclic) bond motifs is 1. The third-order valence-corrected chi connectivity index (χ3v) is 2.83. The minimum Gasteiger partial charge on any atom is -0.461 e. The van der Waals surface area contributed by atoms with Crippen LogP contribution in [0.4, 0.5) is 11.7 Å². The number of benzene rings is 1. The summed E-state index contributed by atoms with van der Waals surface area (Å²) in [6.07, 6.45) is 2.94. The van der Waals surface area contributed by atoms with E-state index in [0.29, 0.717) is 6.61 Å². The number of carbonyl (C=O) groups excluding carboxylic acids is 1. The van der Waals surface area contributed by atoms with Crippen LogP contribution >= 0.6 is 0 Å². The number of anilines is 2. The normalized spacial score (nSPS) is 10.5. The number of para-hydroxylation sites is 1. The molecule has 0 aliphatic heterocycles. The van der Waals surface area contributed by atoms with E-state index >= 15 is 0 Å². The molecule has 0 unspecified atom stereocenters. The number of esters is 1. The second-order valence-electron chi connectivity index (χ2n) is 4.30. The summed E-state index contributed by atoms with van der Waals surface area (Å²) in [5.74, 6) is -0.508. The van der Waals surface area contributed by atoms with Crippen molar-refractivity contribution in [2.75, 3.05) is 11.9 Å². The van der Waals surface area contributed by atoms with E-state index in [-0.39, 0.29) is 11.7 Å². The van der Waals surface area contributed by atoms with Crippen LogP contribution in [0.3, 0.4) is 0 Å². The van der Waals surface area contributed by atoms with Crippen molar-refractivity contribution in [3.05, 3.63) is 48.5 Å². The molecular weight excluding hydrogens is 270 g/mol. The third-order valence-electron chi connectivity index (χ3n) is 2.83. The van der Waals surface area contributed by atoms with Gasteiger partial charge in [0.15, 0.2) is 5.69 Å². The van der Waals surface area contributed by atoms with Gasteiger partial charge >= 0.3 is 5.97 Å². The molecule has 0 amide bonds. The molecule has 0 saturated heterocycles. The van der Waals surface area contributed by atoms with Crippen molar-refractivity contribution >= 4 is 28.6 Å². The summed E-state index contributed by atoms with van der Waals surface area (Å²) in [5.41, 5.74) is 1.77. The highest BCUT2D eigenvalue weighted by atomic mass is 16.5. The number of nitrogens with zero attached hydrogens (tertiary/aromatic N) is 2. The van der Waals surface area contributed by atoms with E-state index in [2.05, 4.69) is 15.3 Å². The molecule has 0 aliphatic rings. The van der Waals surface area contributed by atoms with E-state index < -0.39 is 5.97 Å². The lowest BCUT2D eigenvalue weighted by molar-refractivity contribution is 0.0519. The van der Waals surface area contributed by atoms with Gasteiger partial charge in [0.05, 0.1) is 24.0 Å². The molecule has 0 atom stereocenters. The van der Waals surface area contributed by atoms with Crippen LogP contribution in [-0.2, 0) is 4.74 Å². The Labute approximate surface area is 120 Å². The predicted octanol–water partition coefficient (Wildman–Crippen LogP) is 3.14. The Morgan fingerprint density at radius 1 is 1.38 bits per heavy atom. The zero-order valence-corrected chi connectivity index (χ0v) is 11.4. The molecule has 0 radical (unpaired) electrons. The number of rotatable bonds is 4. The maximum Gasteiger partial charge on any atom is 0.360 e. The highest BCUT2D eigenvalue weighted by Gasteiger charge is 2.13. The summed E-state index contributed by atoms with van der Waals surface area (Å²) in [4.78, 5) is 19.8. The van der Waals surface area contributed by atoms with E-state index in [4.69, 9.17) is 9.15 Å². The summed E-state index contributed by atoms with van der Waals surface area (Å²) in [6, 6.07) is 9.92. The first-order chi connectivity index (χ1) is 10.3. The van der Waals surface area contributed by atoms with E-state index in [0.717, 1.165) is 16.6 Å². The number of hydrogen-bond acceptors (Lipinski definition) is 6. The maximum absolute atomic E-state index is 11.5. The Bertz CT molecular complexity index is 782. The number of aromatic nitrogens is 2. The van der Waals surface area contributed by atoms with E-state index in [9.17, 15) is 4.79 Å². The number of pyridine rings is 1. The quantitative estimate of drug-likeness (QED) is 0.741. The molecule has 2 heterocycles. The van der Waals surface area contributed by atoms with Gasteiger partial charge in [-0.1, -0.05) is 18.2 Å².